The molecule has 0 amide bonds. The maximum Gasteiger partial charge on any atom is 0.314 e. The number of rotatable bonds is 8. The predicted octanol–water partition coefficient (Wildman–Crippen LogP) is 3.70. The van der Waals surface area contributed by atoms with Gasteiger partial charge in [0, 0.05) is 0 Å². The van der Waals surface area contributed by atoms with E-state index in [0.717, 1.165) is 19.3 Å². The van der Waals surface area contributed by atoms with Crippen molar-refractivity contribution in [2.24, 2.45) is 5.41 Å². The second kappa shape index (κ2) is 7.48. The Morgan fingerprint density at radius 3 is 2.67 bits per heavy atom. The summed E-state index contributed by atoms with van der Waals surface area (Å²) in [6, 6.07) is 6.78. The topological polar surface area (TPSA) is 85.4 Å². The number of hydrogen-bond acceptors (Lipinski definition) is 5. The van der Waals surface area contributed by atoms with Crippen molar-refractivity contribution in [1.82, 2.24) is 0 Å². The molecule has 0 N–H and O–H groups in total. The van der Waals surface area contributed by atoms with Gasteiger partial charge in [-0.2, -0.15) is 5.26 Å². The van der Waals surface area contributed by atoms with Crippen LogP contribution in [0.4, 0.5) is 5.69 Å². The van der Waals surface area contributed by atoms with Gasteiger partial charge in [-0.15, -0.1) is 0 Å². The molecule has 0 fully saturated rings. The normalized spacial score (nSPS) is 10.8. The van der Waals surface area contributed by atoms with Crippen molar-refractivity contribution in [3.05, 3.63) is 28.3 Å². The average molecular weight is 292 g/mol. The van der Waals surface area contributed by atoms with E-state index in [1.807, 2.05) is 13.8 Å². The van der Waals surface area contributed by atoms with Crippen LogP contribution in [0.3, 0.4) is 0 Å². The van der Waals surface area contributed by atoms with Gasteiger partial charge in [0.2, 0.25) is 0 Å². The summed E-state index contributed by atoms with van der Waals surface area (Å²) in [5.41, 5.74) is -0.431. The number of benzene rings is 1. The van der Waals surface area contributed by atoms with Gasteiger partial charge in [0.25, 0.3) is 0 Å². The van der Waals surface area contributed by atoms with Crippen LogP contribution in [0.1, 0.15) is 33.1 Å². The smallest absolute Gasteiger partial charge is 0.314 e. The van der Waals surface area contributed by atoms with Crippen molar-refractivity contribution >= 4 is 5.69 Å². The molecule has 6 nitrogen and oxygen atoms in total. The molecular weight excluding hydrogens is 272 g/mol. The highest BCUT2D eigenvalue weighted by molar-refractivity contribution is 5.50. The average Bonchev–Trinajstić information content (AvgIpc) is 2.46. The van der Waals surface area contributed by atoms with Crippen molar-refractivity contribution in [3.8, 4) is 17.6 Å². The zero-order valence-electron chi connectivity index (χ0n) is 12.6. The molecule has 0 radical (unpaired) electrons. The minimum absolute atomic E-state index is 0.111. The van der Waals surface area contributed by atoms with E-state index in [-0.39, 0.29) is 16.9 Å². The number of hydrogen-bond donors (Lipinski definition) is 0. The summed E-state index contributed by atoms with van der Waals surface area (Å²) in [4.78, 5) is 10.4. The van der Waals surface area contributed by atoms with Gasteiger partial charge >= 0.3 is 5.69 Å². The van der Waals surface area contributed by atoms with E-state index >= 15 is 0 Å². The van der Waals surface area contributed by atoms with Gasteiger partial charge < -0.3 is 9.47 Å². The monoisotopic (exact) mass is 292 g/mol. The quantitative estimate of drug-likeness (QED) is 0.414. The molecule has 1 aromatic rings. The number of nitro benzene ring substituents is 1. The fraction of sp³-hybridized carbons (Fsp3) is 0.533. The lowest BCUT2D eigenvalue weighted by atomic mass is 9.89. The minimum atomic E-state index is -0.499. The number of unbranched alkanes of at least 4 members (excludes halogenated alkanes) is 1. The summed E-state index contributed by atoms with van der Waals surface area (Å²) in [5, 5.41) is 19.8. The molecule has 21 heavy (non-hydrogen) atoms. The molecule has 0 atom stereocenters. The maximum absolute atomic E-state index is 10.9. The minimum Gasteiger partial charge on any atom is -0.493 e. The highest BCUT2D eigenvalue weighted by Gasteiger charge is 2.17. The van der Waals surface area contributed by atoms with E-state index in [0.29, 0.717) is 12.4 Å². The van der Waals surface area contributed by atoms with Crippen LogP contribution in [0.25, 0.3) is 0 Å². The molecule has 0 aliphatic carbocycles. The number of nitrogens with zero attached hydrogens (tertiary/aromatic N) is 2. The van der Waals surface area contributed by atoms with Crippen LogP contribution >= 0.6 is 0 Å². The third-order valence-electron chi connectivity index (χ3n) is 3.11. The summed E-state index contributed by atoms with van der Waals surface area (Å²) >= 11 is 0. The van der Waals surface area contributed by atoms with E-state index in [1.54, 1.807) is 6.07 Å². The first-order chi connectivity index (χ1) is 9.89. The van der Waals surface area contributed by atoms with Crippen LogP contribution in [-0.2, 0) is 0 Å². The molecule has 0 aromatic heterocycles. The number of ether oxygens (including phenoxy) is 2. The Kier molecular flexibility index (Phi) is 5.97. The van der Waals surface area contributed by atoms with Crippen LogP contribution in [0.15, 0.2) is 18.2 Å². The molecular formula is C15H20N2O4. The fourth-order valence-corrected chi connectivity index (χ4v) is 1.82. The van der Waals surface area contributed by atoms with Gasteiger partial charge in [0.15, 0.2) is 5.75 Å². The van der Waals surface area contributed by atoms with E-state index in [9.17, 15) is 10.1 Å². The van der Waals surface area contributed by atoms with Crippen molar-refractivity contribution < 1.29 is 14.4 Å². The van der Waals surface area contributed by atoms with Crippen molar-refractivity contribution in [2.45, 2.75) is 33.1 Å². The molecule has 0 bridgehead atoms. The molecule has 114 valence electrons. The number of methoxy groups -OCH3 is 1. The zero-order chi connectivity index (χ0) is 15.9. The fourth-order valence-electron chi connectivity index (χ4n) is 1.82. The van der Waals surface area contributed by atoms with Crippen LogP contribution in [0.5, 0.6) is 11.5 Å². The summed E-state index contributed by atoms with van der Waals surface area (Å²) in [7, 11) is 1.39. The number of nitriles is 1. The predicted molar refractivity (Wildman–Crippen MR) is 78.4 cm³/mol. The Bertz CT molecular complexity index is 535. The molecule has 0 unspecified atom stereocenters. The molecule has 0 aliphatic heterocycles. The van der Waals surface area contributed by atoms with E-state index in [1.165, 1.54) is 19.2 Å². The first-order valence-electron chi connectivity index (χ1n) is 6.76. The SMILES string of the molecule is COc1ccc(OCCCCC(C)(C)C#N)cc1[N+](=O)[O-]. The van der Waals surface area contributed by atoms with E-state index in [2.05, 4.69) is 6.07 Å². The molecule has 0 saturated heterocycles. The van der Waals surface area contributed by atoms with E-state index in [4.69, 9.17) is 14.7 Å². The van der Waals surface area contributed by atoms with E-state index < -0.39 is 4.92 Å². The summed E-state index contributed by atoms with van der Waals surface area (Å²) in [6.07, 6.45) is 2.47. The molecule has 1 aromatic carbocycles. The lowest BCUT2D eigenvalue weighted by Gasteiger charge is -2.14. The molecule has 6 heteroatoms. The third kappa shape index (κ3) is 5.30. The highest BCUT2D eigenvalue weighted by atomic mass is 16.6. The van der Waals surface area contributed by atoms with Crippen LogP contribution in [0, 0.1) is 26.9 Å². The summed E-state index contributed by atoms with van der Waals surface area (Å²) < 4.78 is 10.4. The van der Waals surface area contributed by atoms with Gasteiger partial charge in [-0.25, -0.2) is 0 Å². The molecule has 1 rings (SSSR count). The summed E-state index contributed by atoms with van der Waals surface area (Å²) in [6.45, 7) is 4.27. The van der Waals surface area contributed by atoms with Crippen LogP contribution in [0.2, 0.25) is 0 Å². The van der Waals surface area contributed by atoms with Crippen molar-refractivity contribution in [2.75, 3.05) is 13.7 Å². The largest absolute Gasteiger partial charge is 0.493 e. The lowest BCUT2D eigenvalue weighted by molar-refractivity contribution is -0.385. The number of nitro groups is 1. The van der Waals surface area contributed by atoms with Crippen LogP contribution < -0.4 is 9.47 Å². The maximum atomic E-state index is 10.9. The van der Waals surface area contributed by atoms with Gasteiger partial charge in [0.1, 0.15) is 5.75 Å². The Morgan fingerprint density at radius 2 is 2.10 bits per heavy atom. The Balaban J connectivity index is 2.48. The first kappa shape index (κ1) is 16.8. The van der Waals surface area contributed by atoms with Gasteiger partial charge in [-0.1, -0.05) is 0 Å². The van der Waals surface area contributed by atoms with Crippen molar-refractivity contribution in [1.29, 1.82) is 5.26 Å². The molecule has 0 heterocycles. The zero-order valence-corrected chi connectivity index (χ0v) is 12.6. The molecule has 0 aliphatic rings. The second-order valence-corrected chi connectivity index (χ2v) is 5.39. The standard InChI is InChI=1S/C15H20N2O4/c1-15(2,11-16)8-4-5-9-21-12-6-7-14(20-3)13(10-12)17(18)19/h6-7,10H,4-5,8-9H2,1-3H3. The highest BCUT2D eigenvalue weighted by Crippen LogP contribution is 2.31. The second-order valence-electron chi connectivity index (χ2n) is 5.39. The third-order valence-corrected chi connectivity index (χ3v) is 3.11. The van der Waals surface area contributed by atoms with Gasteiger partial charge in [-0.05, 0) is 45.2 Å². The molecule has 0 saturated carbocycles. The molecule has 0 spiro atoms. The van der Waals surface area contributed by atoms with Crippen LogP contribution in [-0.4, -0.2) is 18.6 Å². The summed E-state index contributed by atoms with van der Waals surface area (Å²) in [5.74, 6) is 0.658. The lowest BCUT2D eigenvalue weighted by Crippen LogP contribution is -2.08. The Morgan fingerprint density at radius 1 is 1.38 bits per heavy atom. The van der Waals surface area contributed by atoms with Gasteiger partial charge in [-0.3, -0.25) is 10.1 Å². The first-order valence-corrected chi connectivity index (χ1v) is 6.76. The Labute approximate surface area is 124 Å². The van der Waals surface area contributed by atoms with Gasteiger partial charge in [0.05, 0.1) is 36.2 Å². The Hall–Kier alpha value is -2.29. The van der Waals surface area contributed by atoms with Crippen molar-refractivity contribution in [3.63, 3.8) is 0 Å².